The molecule has 2 aliphatic rings. The molecule has 0 aliphatic carbocycles. The Morgan fingerprint density at radius 3 is 2.81 bits per heavy atom. The lowest BCUT2D eigenvalue weighted by molar-refractivity contribution is 0.0197. The second-order valence-electron chi connectivity index (χ2n) is 5.96. The molecule has 112 valence electrons. The van der Waals surface area contributed by atoms with Gasteiger partial charge in [-0.05, 0) is 20.3 Å². The van der Waals surface area contributed by atoms with E-state index in [0.29, 0.717) is 17.6 Å². The molecule has 0 unspecified atom stereocenters. The SMILES string of the molecule is Cc1noc([C@@H]2C[C@H]3CN(Cc4cc(C)on4)C[C@H]3O2)n1. The van der Waals surface area contributed by atoms with Crippen molar-refractivity contribution < 1.29 is 13.8 Å². The molecule has 0 spiro atoms. The summed E-state index contributed by atoms with van der Waals surface area (Å²) in [6.45, 7) is 6.48. The highest BCUT2D eigenvalue weighted by molar-refractivity contribution is 5.05. The molecule has 21 heavy (non-hydrogen) atoms. The topological polar surface area (TPSA) is 77.4 Å². The third-order valence-corrected chi connectivity index (χ3v) is 4.19. The van der Waals surface area contributed by atoms with E-state index in [1.807, 2.05) is 19.9 Å². The Labute approximate surface area is 122 Å². The number of aryl methyl sites for hydroxylation is 2. The Bertz CT molecular complexity index is 624. The van der Waals surface area contributed by atoms with Crippen LogP contribution in [0.25, 0.3) is 0 Å². The molecule has 0 bridgehead atoms. The first-order chi connectivity index (χ1) is 10.2. The lowest BCUT2D eigenvalue weighted by Gasteiger charge is -2.16. The summed E-state index contributed by atoms with van der Waals surface area (Å²) in [5, 5.41) is 7.88. The smallest absolute Gasteiger partial charge is 0.255 e. The number of aromatic nitrogens is 3. The summed E-state index contributed by atoms with van der Waals surface area (Å²) in [6.07, 6.45) is 1.15. The summed E-state index contributed by atoms with van der Waals surface area (Å²) >= 11 is 0. The maximum atomic E-state index is 6.08. The van der Waals surface area contributed by atoms with E-state index in [2.05, 4.69) is 20.2 Å². The van der Waals surface area contributed by atoms with E-state index in [1.54, 1.807) is 0 Å². The molecule has 7 heteroatoms. The van der Waals surface area contributed by atoms with Gasteiger partial charge < -0.3 is 13.8 Å². The number of fused-ring (bicyclic) bond motifs is 1. The van der Waals surface area contributed by atoms with Gasteiger partial charge in [-0.3, -0.25) is 4.90 Å². The molecule has 2 saturated heterocycles. The van der Waals surface area contributed by atoms with Gasteiger partial charge in [-0.2, -0.15) is 4.98 Å². The fourth-order valence-corrected chi connectivity index (χ4v) is 3.30. The van der Waals surface area contributed by atoms with Crippen molar-refractivity contribution in [3.8, 4) is 0 Å². The normalized spacial score (nSPS) is 29.1. The van der Waals surface area contributed by atoms with Crippen LogP contribution < -0.4 is 0 Å². The quantitative estimate of drug-likeness (QED) is 0.850. The molecule has 2 aromatic rings. The second kappa shape index (κ2) is 4.92. The average molecular weight is 290 g/mol. The van der Waals surface area contributed by atoms with E-state index < -0.39 is 0 Å². The molecular formula is C14H18N4O3. The van der Waals surface area contributed by atoms with Gasteiger partial charge in [0, 0.05) is 31.6 Å². The molecule has 4 rings (SSSR count). The number of rotatable bonds is 3. The molecule has 4 heterocycles. The van der Waals surface area contributed by atoms with Crippen molar-refractivity contribution in [1.29, 1.82) is 0 Å². The second-order valence-corrected chi connectivity index (χ2v) is 5.96. The van der Waals surface area contributed by atoms with Crippen LogP contribution in [0.1, 0.15) is 35.7 Å². The summed E-state index contributed by atoms with van der Waals surface area (Å²) in [4.78, 5) is 6.63. The monoisotopic (exact) mass is 290 g/mol. The lowest BCUT2D eigenvalue weighted by Crippen LogP contribution is -2.23. The number of likely N-dealkylation sites (tertiary alicyclic amines) is 1. The highest BCUT2D eigenvalue weighted by Gasteiger charge is 2.44. The molecule has 2 aromatic heterocycles. The predicted octanol–water partition coefficient (Wildman–Crippen LogP) is 1.64. The van der Waals surface area contributed by atoms with Crippen molar-refractivity contribution in [2.75, 3.05) is 13.1 Å². The minimum absolute atomic E-state index is 0.0438. The Morgan fingerprint density at radius 1 is 1.24 bits per heavy atom. The largest absolute Gasteiger partial charge is 0.363 e. The molecule has 3 atom stereocenters. The third-order valence-electron chi connectivity index (χ3n) is 4.19. The Morgan fingerprint density at radius 2 is 2.14 bits per heavy atom. The maximum Gasteiger partial charge on any atom is 0.255 e. The van der Waals surface area contributed by atoms with Crippen LogP contribution in [0.4, 0.5) is 0 Å². The fourth-order valence-electron chi connectivity index (χ4n) is 3.30. The zero-order valence-electron chi connectivity index (χ0n) is 12.2. The average Bonchev–Trinajstić information content (AvgIpc) is 3.14. The zero-order chi connectivity index (χ0) is 14.4. The highest BCUT2D eigenvalue weighted by atomic mass is 16.5. The first-order valence-corrected chi connectivity index (χ1v) is 7.27. The highest BCUT2D eigenvalue weighted by Crippen LogP contribution is 2.40. The number of nitrogens with zero attached hydrogens (tertiary/aromatic N) is 4. The van der Waals surface area contributed by atoms with Gasteiger partial charge in [-0.25, -0.2) is 0 Å². The molecule has 0 saturated carbocycles. The van der Waals surface area contributed by atoms with Gasteiger partial charge in [0.25, 0.3) is 5.89 Å². The van der Waals surface area contributed by atoms with Crippen molar-refractivity contribution in [2.24, 2.45) is 5.92 Å². The van der Waals surface area contributed by atoms with Crippen molar-refractivity contribution in [3.05, 3.63) is 29.2 Å². The molecule has 0 N–H and O–H groups in total. The van der Waals surface area contributed by atoms with Crippen LogP contribution in [0, 0.1) is 19.8 Å². The maximum absolute atomic E-state index is 6.08. The number of ether oxygens (including phenoxy) is 1. The van der Waals surface area contributed by atoms with Crippen molar-refractivity contribution in [3.63, 3.8) is 0 Å². The standard InChI is InChI=1S/C14H18N4O3/c1-8-3-11(17-20-8)6-18-5-10-4-12(19-13(10)7-18)14-15-9(2)16-21-14/h3,10,12-13H,4-7H2,1-2H3/t10-,12-,13+/m0/s1. The first kappa shape index (κ1) is 13.0. The van der Waals surface area contributed by atoms with Gasteiger partial charge in [0.2, 0.25) is 0 Å². The van der Waals surface area contributed by atoms with Gasteiger partial charge in [0.1, 0.15) is 11.9 Å². The number of hydrogen-bond acceptors (Lipinski definition) is 7. The molecule has 0 aromatic carbocycles. The van der Waals surface area contributed by atoms with Crippen LogP contribution in [0.2, 0.25) is 0 Å². The molecule has 2 aliphatic heterocycles. The fraction of sp³-hybridized carbons (Fsp3) is 0.643. The molecular weight excluding hydrogens is 272 g/mol. The van der Waals surface area contributed by atoms with E-state index in [9.17, 15) is 0 Å². The molecule has 2 fully saturated rings. The van der Waals surface area contributed by atoms with Gasteiger partial charge in [-0.15, -0.1) is 0 Å². The third kappa shape index (κ3) is 2.47. The minimum Gasteiger partial charge on any atom is -0.363 e. The molecule has 0 amide bonds. The van der Waals surface area contributed by atoms with Gasteiger partial charge in [0.05, 0.1) is 11.8 Å². The van der Waals surface area contributed by atoms with Crippen LogP contribution in [0.15, 0.2) is 15.1 Å². The van der Waals surface area contributed by atoms with Crippen LogP contribution >= 0.6 is 0 Å². The van der Waals surface area contributed by atoms with Gasteiger partial charge in [-0.1, -0.05) is 10.3 Å². The van der Waals surface area contributed by atoms with Crippen LogP contribution in [0.3, 0.4) is 0 Å². The van der Waals surface area contributed by atoms with E-state index >= 15 is 0 Å². The lowest BCUT2D eigenvalue weighted by atomic mass is 10.0. The van der Waals surface area contributed by atoms with E-state index in [1.165, 1.54) is 0 Å². The van der Waals surface area contributed by atoms with Crippen LogP contribution in [0.5, 0.6) is 0 Å². The predicted molar refractivity (Wildman–Crippen MR) is 71.3 cm³/mol. The molecule has 0 radical (unpaired) electrons. The van der Waals surface area contributed by atoms with Gasteiger partial charge in [0.15, 0.2) is 5.82 Å². The van der Waals surface area contributed by atoms with Gasteiger partial charge >= 0.3 is 0 Å². The summed E-state index contributed by atoms with van der Waals surface area (Å²) in [7, 11) is 0. The van der Waals surface area contributed by atoms with Crippen molar-refractivity contribution in [1.82, 2.24) is 20.2 Å². The Hall–Kier alpha value is -1.73. The van der Waals surface area contributed by atoms with E-state index in [-0.39, 0.29) is 12.2 Å². The Balaban J connectivity index is 1.37. The minimum atomic E-state index is -0.0438. The van der Waals surface area contributed by atoms with Crippen molar-refractivity contribution in [2.45, 2.75) is 39.0 Å². The van der Waals surface area contributed by atoms with E-state index in [4.69, 9.17) is 13.8 Å². The summed E-state index contributed by atoms with van der Waals surface area (Å²) < 4.78 is 16.4. The van der Waals surface area contributed by atoms with Crippen LogP contribution in [-0.2, 0) is 11.3 Å². The van der Waals surface area contributed by atoms with Crippen LogP contribution in [-0.4, -0.2) is 39.4 Å². The summed E-state index contributed by atoms with van der Waals surface area (Å²) in [5.41, 5.74) is 0.983. The Kier molecular flexibility index (Phi) is 3.04. The van der Waals surface area contributed by atoms with E-state index in [0.717, 1.165) is 37.5 Å². The van der Waals surface area contributed by atoms with Crippen molar-refractivity contribution >= 4 is 0 Å². The number of hydrogen-bond donors (Lipinski definition) is 0. The molecule has 7 nitrogen and oxygen atoms in total. The zero-order valence-corrected chi connectivity index (χ0v) is 12.2. The summed E-state index contributed by atoms with van der Waals surface area (Å²) in [6, 6.07) is 1.99. The summed E-state index contributed by atoms with van der Waals surface area (Å²) in [5.74, 6) is 2.65. The first-order valence-electron chi connectivity index (χ1n) is 7.27.